The molecule has 6 rings (SSSR count). The topological polar surface area (TPSA) is 97.5 Å². The summed E-state index contributed by atoms with van der Waals surface area (Å²) in [5, 5.41) is 3.38. The van der Waals surface area contributed by atoms with Gasteiger partial charge in [-0.05, 0) is 23.8 Å². The number of amides is 2. The van der Waals surface area contributed by atoms with Gasteiger partial charge in [-0.15, -0.1) is 0 Å². The smallest absolute Gasteiger partial charge is 0.387 e. The average molecular weight is 522 g/mol. The molecule has 12 heteroatoms. The van der Waals surface area contributed by atoms with Gasteiger partial charge in [-0.25, -0.2) is 14.8 Å². The first-order chi connectivity index (χ1) is 18.4. The molecule has 2 amide bonds. The van der Waals surface area contributed by atoms with Crippen molar-refractivity contribution in [3.05, 3.63) is 70.8 Å². The summed E-state index contributed by atoms with van der Waals surface area (Å²) < 4.78 is 33.7. The van der Waals surface area contributed by atoms with Crippen molar-refractivity contribution in [1.82, 2.24) is 29.5 Å². The minimum Gasteiger partial charge on any atom is -0.434 e. The number of hydrogen-bond donors (Lipinski definition) is 1. The maximum absolute atomic E-state index is 12.9. The molecule has 0 aliphatic carbocycles. The molecule has 0 radical (unpaired) electrons. The fourth-order valence-corrected chi connectivity index (χ4v) is 5.17. The number of aromatic nitrogens is 4. The number of piperazine rings is 1. The van der Waals surface area contributed by atoms with E-state index in [4.69, 9.17) is 0 Å². The molecule has 2 aliphatic heterocycles. The first-order valence-corrected chi connectivity index (χ1v) is 12.2. The number of alkyl halides is 2. The van der Waals surface area contributed by atoms with Gasteiger partial charge in [0.2, 0.25) is 5.95 Å². The first-order valence-electron chi connectivity index (χ1n) is 12.2. The van der Waals surface area contributed by atoms with Crippen LogP contribution < -0.4 is 20.5 Å². The van der Waals surface area contributed by atoms with Crippen LogP contribution in [0.15, 0.2) is 59.7 Å². The van der Waals surface area contributed by atoms with Crippen LogP contribution in [0.2, 0.25) is 0 Å². The minimum absolute atomic E-state index is 0.0225. The van der Waals surface area contributed by atoms with Gasteiger partial charge >= 0.3 is 12.6 Å². The molecule has 0 unspecified atom stereocenters. The summed E-state index contributed by atoms with van der Waals surface area (Å²) in [5.74, 6) is 0.664. The largest absolute Gasteiger partial charge is 0.434 e. The molecule has 196 valence electrons. The third kappa shape index (κ3) is 4.21. The molecular formula is C26H25F2N7O3. The van der Waals surface area contributed by atoms with E-state index >= 15 is 0 Å². The normalized spacial score (nSPS) is 17.3. The van der Waals surface area contributed by atoms with Gasteiger partial charge < -0.3 is 19.9 Å². The molecule has 0 bridgehead atoms. The number of fused-ring (bicyclic) bond motifs is 2. The fraction of sp³-hybridized carbons (Fsp3) is 0.308. The Labute approximate surface area is 216 Å². The molecule has 2 saturated heterocycles. The number of benzene rings is 2. The first kappa shape index (κ1) is 23.9. The summed E-state index contributed by atoms with van der Waals surface area (Å²) in [7, 11) is 1.64. The standard InChI is InChI=1S/C26H25F2N7O3/c1-32-23(36)20-7-6-16(10-21(20)35(32)14-17-4-2-3-5-22(17)38-24(27)28)18-11-29-25(30-12-18)33-8-9-34-19(15-33)13-31-26(34)37/h2-7,10-12,19,24H,8-9,13-15H2,1H3,(H,31,37)/t19-/m0/s1. The van der Waals surface area contributed by atoms with Crippen LogP contribution in [0.5, 0.6) is 5.75 Å². The van der Waals surface area contributed by atoms with Crippen molar-refractivity contribution in [2.24, 2.45) is 7.05 Å². The number of halogens is 2. The lowest BCUT2D eigenvalue weighted by Crippen LogP contribution is -2.52. The maximum atomic E-state index is 12.9. The SMILES string of the molecule is Cn1c(=O)c2ccc(-c3cnc(N4CCN5C(=O)NC[C@H]5C4)nc3)cc2n1Cc1ccccc1OC(F)F. The van der Waals surface area contributed by atoms with E-state index in [-0.39, 0.29) is 29.9 Å². The molecule has 38 heavy (non-hydrogen) atoms. The molecule has 2 aromatic heterocycles. The fourth-order valence-electron chi connectivity index (χ4n) is 5.17. The number of carbonyl (C=O) groups excluding carboxylic acids is 1. The molecule has 4 aromatic rings. The molecule has 2 aliphatic rings. The van der Waals surface area contributed by atoms with Gasteiger partial charge in [0.05, 0.1) is 23.5 Å². The van der Waals surface area contributed by atoms with Crippen molar-refractivity contribution < 1.29 is 18.3 Å². The molecule has 10 nitrogen and oxygen atoms in total. The summed E-state index contributed by atoms with van der Waals surface area (Å²) in [5.41, 5.74) is 2.58. The van der Waals surface area contributed by atoms with Gasteiger partial charge in [0.1, 0.15) is 5.75 Å². The van der Waals surface area contributed by atoms with Crippen molar-refractivity contribution in [3.63, 3.8) is 0 Å². The molecule has 2 fully saturated rings. The number of ether oxygens (including phenoxy) is 1. The van der Waals surface area contributed by atoms with E-state index in [1.165, 1.54) is 10.7 Å². The molecule has 2 aromatic carbocycles. The van der Waals surface area contributed by atoms with E-state index in [0.717, 1.165) is 11.1 Å². The Kier molecular flexibility index (Phi) is 5.93. The molecule has 1 N–H and O–H groups in total. The zero-order chi connectivity index (χ0) is 26.4. The highest BCUT2D eigenvalue weighted by atomic mass is 19.3. The molecule has 0 saturated carbocycles. The minimum atomic E-state index is -2.95. The highest BCUT2D eigenvalue weighted by molar-refractivity contribution is 5.84. The van der Waals surface area contributed by atoms with E-state index in [9.17, 15) is 18.4 Å². The summed E-state index contributed by atoms with van der Waals surface area (Å²) in [6.45, 7) is -0.224. The van der Waals surface area contributed by atoms with Crippen molar-refractivity contribution >= 4 is 22.9 Å². The highest BCUT2D eigenvalue weighted by Crippen LogP contribution is 2.27. The predicted octanol–water partition coefficient (Wildman–Crippen LogP) is 2.66. The Bertz CT molecular complexity index is 1570. The number of carbonyl (C=O) groups is 1. The van der Waals surface area contributed by atoms with Gasteiger partial charge in [-0.3, -0.25) is 14.2 Å². The lowest BCUT2D eigenvalue weighted by molar-refractivity contribution is -0.0505. The average Bonchev–Trinajstić information content (AvgIpc) is 3.41. The number of para-hydroxylation sites is 1. The number of hydrogen-bond acceptors (Lipinski definition) is 6. The zero-order valence-corrected chi connectivity index (χ0v) is 20.6. The Balaban J connectivity index is 1.29. The summed E-state index contributed by atoms with van der Waals surface area (Å²) in [4.78, 5) is 37.8. The summed E-state index contributed by atoms with van der Waals surface area (Å²) >= 11 is 0. The highest BCUT2D eigenvalue weighted by Gasteiger charge is 2.36. The number of nitrogens with zero attached hydrogens (tertiary/aromatic N) is 6. The summed E-state index contributed by atoms with van der Waals surface area (Å²) in [6.07, 6.45) is 3.48. The third-order valence-electron chi connectivity index (χ3n) is 7.16. The Morgan fingerprint density at radius 2 is 1.87 bits per heavy atom. The van der Waals surface area contributed by atoms with Crippen LogP contribution in [0, 0.1) is 0 Å². The predicted molar refractivity (Wildman–Crippen MR) is 136 cm³/mol. The van der Waals surface area contributed by atoms with E-state index in [2.05, 4.69) is 24.9 Å². The second kappa shape index (κ2) is 9.43. The van der Waals surface area contributed by atoms with E-state index in [1.807, 2.05) is 17.0 Å². The number of urea groups is 1. The van der Waals surface area contributed by atoms with E-state index in [0.29, 0.717) is 48.6 Å². The zero-order valence-electron chi connectivity index (χ0n) is 20.6. The van der Waals surface area contributed by atoms with Crippen molar-refractivity contribution in [2.45, 2.75) is 19.2 Å². The van der Waals surface area contributed by atoms with Crippen LogP contribution in [0.1, 0.15) is 5.56 Å². The second-order valence-corrected chi connectivity index (χ2v) is 9.36. The molecular weight excluding hydrogens is 496 g/mol. The van der Waals surface area contributed by atoms with Crippen molar-refractivity contribution in [1.29, 1.82) is 0 Å². The number of anilines is 1. The number of rotatable bonds is 6. The lowest BCUT2D eigenvalue weighted by Gasteiger charge is -2.36. The van der Waals surface area contributed by atoms with Crippen molar-refractivity contribution in [3.8, 4) is 16.9 Å². The third-order valence-corrected chi connectivity index (χ3v) is 7.16. The Hall–Kier alpha value is -4.48. The van der Waals surface area contributed by atoms with Crippen LogP contribution in [0.3, 0.4) is 0 Å². The van der Waals surface area contributed by atoms with Gasteiger partial charge in [0, 0.05) is 56.7 Å². The Morgan fingerprint density at radius 3 is 2.66 bits per heavy atom. The van der Waals surface area contributed by atoms with Gasteiger partial charge in [-0.2, -0.15) is 8.78 Å². The van der Waals surface area contributed by atoms with Gasteiger partial charge in [0.15, 0.2) is 0 Å². The van der Waals surface area contributed by atoms with Crippen LogP contribution in [-0.2, 0) is 13.6 Å². The lowest BCUT2D eigenvalue weighted by atomic mass is 10.1. The molecule has 1 atom stereocenters. The van der Waals surface area contributed by atoms with E-state index < -0.39 is 6.61 Å². The maximum Gasteiger partial charge on any atom is 0.387 e. The number of nitrogens with one attached hydrogen (secondary N) is 1. The molecule has 4 heterocycles. The quantitative estimate of drug-likeness (QED) is 0.419. The van der Waals surface area contributed by atoms with Crippen LogP contribution in [0.4, 0.5) is 19.5 Å². The second-order valence-electron chi connectivity index (χ2n) is 9.36. The van der Waals surface area contributed by atoms with E-state index in [1.54, 1.807) is 48.4 Å². The summed E-state index contributed by atoms with van der Waals surface area (Å²) in [6, 6.07) is 12.1. The van der Waals surface area contributed by atoms with Gasteiger partial charge in [0.25, 0.3) is 5.56 Å². The van der Waals surface area contributed by atoms with Gasteiger partial charge in [-0.1, -0.05) is 24.3 Å². The monoisotopic (exact) mass is 521 g/mol. The van der Waals surface area contributed by atoms with Crippen LogP contribution in [0.25, 0.3) is 22.0 Å². The van der Waals surface area contributed by atoms with Crippen LogP contribution in [-0.4, -0.2) is 69.1 Å². The van der Waals surface area contributed by atoms with Crippen LogP contribution >= 0.6 is 0 Å². The molecule has 0 spiro atoms. The Morgan fingerprint density at radius 1 is 1.08 bits per heavy atom. The van der Waals surface area contributed by atoms with Crippen molar-refractivity contribution in [2.75, 3.05) is 31.1 Å².